The molecule has 0 atom stereocenters. The standard InChI is InChI=1S/C16H20N2O2/c1-17-6-8-18(9-7-17)5-4-15-11-14-10-13(12-19)2-3-16(14)20-15/h2-3,10-12H,4-9H2,1H3. The largest absolute Gasteiger partial charge is 0.461 e. The van der Waals surface area contributed by atoms with E-state index >= 15 is 0 Å². The number of furan rings is 1. The van der Waals surface area contributed by atoms with Crippen LogP contribution in [0.3, 0.4) is 0 Å². The van der Waals surface area contributed by atoms with Crippen LogP contribution in [0, 0.1) is 0 Å². The number of nitrogens with zero attached hydrogens (tertiary/aromatic N) is 2. The van der Waals surface area contributed by atoms with Crippen LogP contribution >= 0.6 is 0 Å². The molecule has 3 rings (SSSR count). The van der Waals surface area contributed by atoms with Crippen LogP contribution in [-0.2, 0) is 6.42 Å². The molecule has 0 radical (unpaired) electrons. The Labute approximate surface area is 119 Å². The fraction of sp³-hybridized carbons (Fsp3) is 0.438. The first-order chi connectivity index (χ1) is 9.74. The predicted molar refractivity (Wildman–Crippen MR) is 79.2 cm³/mol. The second-order valence-electron chi connectivity index (χ2n) is 5.52. The number of hydrogen-bond donors (Lipinski definition) is 0. The number of benzene rings is 1. The summed E-state index contributed by atoms with van der Waals surface area (Å²) in [5.41, 5.74) is 1.56. The summed E-state index contributed by atoms with van der Waals surface area (Å²) in [6, 6.07) is 7.60. The van der Waals surface area contributed by atoms with Crippen molar-refractivity contribution in [3.63, 3.8) is 0 Å². The molecule has 20 heavy (non-hydrogen) atoms. The van der Waals surface area contributed by atoms with E-state index in [-0.39, 0.29) is 0 Å². The molecule has 2 aromatic rings. The van der Waals surface area contributed by atoms with Crippen molar-refractivity contribution in [2.75, 3.05) is 39.8 Å². The number of rotatable bonds is 4. The summed E-state index contributed by atoms with van der Waals surface area (Å²) in [5, 5.41) is 1.02. The van der Waals surface area contributed by atoms with Crippen molar-refractivity contribution in [3.8, 4) is 0 Å². The zero-order valence-corrected chi connectivity index (χ0v) is 11.8. The van der Waals surface area contributed by atoms with Crippen LogP contribution in [0.15, 0.2) is 28.7 Å². The van der Waals surface area contributed by atoms with Crippen LogP contribution in [-0.4, -0.2) is 55.9 Å². The van der Waals surface area contributed by atoms with Gasteiger partial charge in [-0.2, -0.15) is 0 Å². The average molecular weight is 272 g/mol. The lowest BCUT2D eigenvalue weighted by Crippen LogP contribution is -2.45. The van der Waals surface area contributed by atoms with Crippen molar-refractivity contribution in [1.82, 2.24) is 9.80 Å². The van der Waals surface area contributed by atoms with Crippen LogP contribution < -0.4 is 0 Å². The molecule has 4 heteroatoms. The topological polar surface area (TPSA) is 36.7 Å². The van der Waals surface area contributed by atoms with Crippen molar-refractivity contribution in [3.05, 3.63) is 35.6 Å². The van der Waals surface area contributed by atoms with Gasteiger partial charge >= 0.3 is 0 Å². The molecule has 4 nitrogen and oxygen atoms in total. The maximum atomic E-state index is 10.8. The normalized spacial score (nSPS) is 17.6. The molecule has 1 fully saturated rings. The highest BCUT2D eigenvalue weighted by Crippen LogP contribution is 2.21. The Balaban J connectivity index is 1.64. The molecule has 0 N–H and O–H groups in total. The van der Waals surface area contributed by atoms with Gasteiger partial charge in [-0.25, -0.2) is 0 Å². The fourth-order valence-corrected chi connectivity index (χ4v) is 2.65. The number of hydrogen-bond acceptors (Lipinski definition) is 4. The Bertz CT molecular complexity index is 598. The summed E-state index contributed by atoms with van der Waals surface area (Å²) in [6.45, 7) is 5.58. The van der Waals surface area contributed by atoms with Gasteiger partial charge in [-0.1, -0.05) is 0 Å². The number of aldehydes is 1. The van der Waals surface area contributed by atoms with Gasteiger partial charge in [-0.15, -0.1) is 0 Å². The molecule has 1 aromatic heterocycles. The van der Waals surface area contributed by atoms with E-state index in [1.165, 1.54) is 0 Å². The molecule has 0 unspecified atom stereocenters. The van der Waals surface area contributed by atoms with Gasteiger partial charge in [-0.05, 0) is 31.3 Å². The van der Waals surface area contributed by atoms with Gasteiger partial charge in [0.15, 0.2) is 0 Å². The monoisotopic (exact) mass is 272 g/mol. The molecule has 1 aliphatic rings. The van der Waals surface area contributed by atoms with E-state index in [4.69, 9.17) is 4.42 Å². The minimum atomic E-state index is 0.698. The Morgan fingerprint density at radius 1 is 1.20 bits per heavy atom. The van der Waals surface area contributed by atoms with Gasteiger partial charge in [0.25, 0.3) is 0 Å². The summed E-state index contributed by atoms with van der Waals surface area (Å²) in [7, 11) is 2.17. The zero-order chi connectivity index (χ0) is 13.9. The summed E-state index contributed by atoms with van der Waals surface area (Å²) in [6.07, 6.45) is 1.80. The highest BCUT2D eigenvalue weighted by Gasteiger charge is 2.14. The van der Waals surface area contributed by atoms with Gasteiger partial charge in [0, 0.05) is 50.1 Å². The SMILES string of the molecule is CN1CCN(CCc2cc3cc(C=O)ccc3o2)CC1. The van der Waals surface area contributed by atoms with E-state index in [0.717, 1.165) is 62.2 Å². The molecule has 106 valence electrons. The van der Waals surface area contributed by atoms with Gasteiger partial charge in [0.05, 0.1) is 0 Å². The molecular formula is C16H20N2O2. The van der Waals surface area contributed by atoms with E-state index in [1.807, 2.05) is 12.1 Å². The third-order valence-corrected chi connectivity index (χ3v) is 4.00. The summed E-state index contributed by atoms with van der Waals surface area (Å²) in [5.74, 6) is 1.00. The van der Waals surface area contributed by atoms with E-state index < -0.39 is 0 Å². The third-order valence-electron chi connectivity index (χ3n) is 4.00. The Kier molecular flexibility index (Phi) is 3.85. The Hall–Kier alpha value is -1.65. The van der Waals surface area contributed by atoms with E-state index in [1.54, 1.807) is 6.07 Å². The van der Waals surface area contributed by atoms with Crippen molar-refractivity contribution in [2.24, 2.45) is 0 Å². The molecule has 0 aliphatic carbocycles. The number of likely N-dealkylation sites (N-methyl/N-ethyl adjacent to an activating group) is 1. The Morgan fingerprint density at radius 3 is 2.75 bits per heavy atom. The molecule has 0 spiro atoms. The van der Waals surface area contributed by atoms with E-state index in [2.05, 4.69) is 22.9 Å². The maximum absolute atomic E-state index is 10.8. The van der Waals surface area contributed by atoms with Gasteiger partial charge in [-0.3, -0.25) is 4.79 Å². The van der Waals surface area contributed by atoms with Crippen LogP contribution in [0.5, 0.6) is 0 Å². The first-order valence-electron chi connectivity index (χ1n) is 7.13. The smallest absolute Gasteiger partial charge is 0.150 e. The quantitative estimate of drug-likeness (QED) is 0.798. The van der Waals surface area contributed by atoms with E-state index in [9.17, 15) is 4.79 Å². The average Bonchev–Trinajstić information content (AvgIpc) is 2.88. The Morgan fingerprint density at radius 2 is 2.00 bits per heavy atom. The predicted octanol–water partition coefficient (Wildman–Crippen LogP) is 2.04. The number of carbonyl (C=O) groups excluding carboxylic acids is 1. The van der Waals surface area contributed by atoms with Crippen molar-refractivity contribution in [2.45, 2.75) is 6.42 Å². The molecular weight excluding hydrogens is 252 g/mol. The molecule has 0 amide bonds. The number of carbonyl (C=O) groups is 1. The first-order valence-corrected chi connectivity index (χ1v) is 7.13. The summed E-state index contributed by atoms with van der Waals surface area (Å²) >= 11 is 0. The second kappa shape index (κ2) is 5.77. The number of piperazine rings is 1. The van der Waals surface area contributed by atoms with Crippen LogP contribution in [0.2, 0.25) is 0 Å². The molecule has 1 aromatic carbocycles. The summed E-state index contributed by atoms with van der Waals surface area (Å²) in [4.78, 5) is 15.6. The lowest BCUT2D eigenvalue weighted by molar-refractivity contribution is 0.112. The third kappa shape index (κ3) is 2.92. The van der Waals surface area contributed by atoms with Gasteiger partial charge in [0.1, 0.15) is 17.6 Å². The molecule has 1 aliphatic heterocycles. The second-order valence-corrected chi connectivity index (χ2v) is 5.52. The highest BCUT2D eigenvalue weighted by molar-refractivity contribution is 5.86. The molecule has 0 bridgehead atoms. The van der Waals surface area contributed by atoms with Crippen LogP contribution in [0.25, 0.3) is 11.0 Å². The van der Waals surface area contributed by atoms with Crippen molar-refractivity contribution in [1.29, 1.82) is 0 Å². The lowest BCUT2D eigenvalue weighted by atomic mass is 10.1. The van der Waals surface area contributed by atoms with Gasteiger partial charge < -0.3 is 14.2 Å². The van der Waals surface area contributed by atoms with Crippen LogP contribution in [0.1, 0.15) is 16.1 Å². The zero-order valence-electron chi connectivity index (χ0n) is 11.8. The lowest BCUT2D eigenvalue weighted by Gasteiger charge is -2.32. The molecule has 0 saturated carbocycles. The summed E-state index contributed by atoms with van der Waals surface area (Å²) < 4.78 is 5.83. The highest BCUT2D eigenvalue weighted by atomic mass is 16.3. The molecule has 2 heterocycles. The van der Waals surface area contributed by atoms with E-state index in [0.29, 0.717) is 5.56 Å². The van der Waals surface area contributed by atoms with Gasteiger partial charge in [0.2, 0.25) is 0 Å². The van der Waals surface area contributed by atoms with Crippen LogP contribution in [0.4, 0.5) is 0 Å². The minimum Gasteiger partial charge on any atom is -0.461 e. The minimum absolute atomic E-state index is 0.698. The first kappa shape index (κ1) is 13.3. The number of fused-ring (bicyclic) bond motifs is 1. The molecule has 1 saturated heterocycles. The maximum Gasteiger partial charge on any atom is 0.150 e. The fourth-order valence-electron chi connectivity index (χ4n) is 2.65. The van der Waals surface area contributed by atoms with Crippen molar-refractivity contribution >= 4 is 17.3 Å². The van der Waals surface area contributed by atoms with Crippen molar-refractivity contribution < 1.29 is 9.21 Å².